The maximum Gasteiger partial charge on any atom is -0.0443 e. The molecule has 62 valence electrons. The molecule has 0 heterocycles. The molecule has 10 heavy (non-hydrogen) atoms. The molecule has 0 spiro atoms. The van der Waals surface area contributed by atoms with Crippen molar-refractivity contribution in [3.8, 4) is 0 Å². The standard InChI is InChI=1S/C9H18.H3N/c1-9-7-5-3-2-4-6-8-9;/h9H,2-8H2,1H3;1H3. The Morgan fingerprint density at radius 3 is 1.70 bits per heavy atom. The number of hydrogen-bond donors (Lipinski definition) is 1. The van der Waals surface area contributed by atoms with Crippen molar-refractivity contribution in [2.45, 2.75) is 51.9 Å². The van der Waals surface area contributed by atoms with Crippen LogP contribution in [0, 0.1) is 5.92 Å². The molecule has 1 fully saturated rings. The Labute approximate surface area is 64.8 Å². The fourth-order valence-corrected chi connectivity index (χ4v) is 1.66. The topological polar surface area (TPSA) is 35.0 Å². The average Bonchev–Trinajstić information content (AvgIpc) is 1.79. The Kier molecular flexibility index (Phi) is 5.70. The highest BCUT2D eigenvalue weighted by molar-refractivity contribution is 4.58. The van der Waals surface area contributed by atoms with E-state index < -0.39 is 0 Å². The number of rotatable bonds is 0. The molecule has 1 rings (SSSR count). The molecule has 0 bridgehead atoms. The van der Waals surface area contributed by atoms with Gasteiger partial charge in [-0.25, -0.2) is 0 Å². The molecule has 3 N–H and O–H groups in total. The lowest BCUT2D eigenvalue weighted by Crippen LogP contribution is -1.97. The van der Waals surface area contributed by atoms with E-state index in [9.17, 15) is 0 Å². The lowest BCUT2D eigenvalue weighted by Gasteiger charge is -2.13. The minimum Gasteiger partial charge on any atom is -0.344 e. The zero-order chi connectivity index (χ0) is 6.53. The van der Waals surface area contributed by atoms with Gasteiger partial charge in [-0.05, 0) is 5.92 Å². The Morgan fingerprint density at radius 1 is 0.800 bits per heavy atom. The zero-order valence-corrected chi connectivity index (χ0v) is 7.23. The van der Waals surface area contributed by atoms with E-state index in [1.165, 1.54) is 44.9 Å². The van der Waals surface area contributed by atoms with E-state index in [1.807, 2.05) is 0 Å². The molecule has 1 aliphatic carbocycles. The fourth-order valence-electron chi connectivity index (χ4n) is 1.66. The minimum atomic E-state index is 0. The van der Waals surface area contributed by atoms with Crippen LogP contribution in [-0.4, -0.2) is 0 Å². The first-order valence-corrected chi connectivity index (χ1v) is 4.39. The summed E-state index contributed by atoms with van der Waals surface area (Å²) in [5.74, 6) is 1.02. The molecule has 0 atom stereocenters. The van der Waals surface area contributed by atoms with Gasteiger partial charge in [-0.2, -0.15) is 0 Å². The first-order valence-electron chi connectivity index (χ1n) is 4.39. The van der Waals surface area contributed by atoms with Crippen LogP contribution in [0.4, 0.5) is 0 Å². The van der Waals surface area contributed by atoms with E-state index in [1.54, 1.807) is 0 Å². The van der Waals surface area contributed by atoms with Gasteiger partial charge in [0.2, 0.25) is 0 Å². The van der Waals surface area contributed by atoms with Crippen LogP contribution in [0.25, 0.3) is 0 Å². The van der Waals surface area contributed by atoms with Crippen LogP contribution in [0.1, 0.15) is 51.9 Å². The van der Waals surface area contributed by atoms with Gasteiger partial charge in [-0.3, -0.25) is 0 Å². The Morgan fingerprint density at radius 2 is 1.20 bits per heavy atom. The maximum absolute atomic E-state index is 2.39. The van der Waals surface area contributed by atoms with Crippen molar-refractivity contribution in [2.75, 3.05) is 0 Å². The fraction of sp³-hybridized carbons (Fsp3) is 1.00. The number of hydrogen-bond acceptors (Lipinski definition) is 1. The summed E-state index contributed by atoms with van der Waals surface area (Å²) in [4.78, 5) is 0. The minimum absolute atomic E-state index is 0. The summed E-state index contributed by atoms with van der Waals surface area (Å²) in [5, 5.41) is 0. The maximum atomic E-state index is 2.39. The Hall–Kier alpha value is -0.0400. The van der Waals surface area contributed by atoms with E-state index in [4.69, 9.17) is 0 Å². The first-order chi connectivity index (χ1) is 4.39. The lowest BCUT2D eigenvalue weighted by atomic mass is 9.93. The third-order valence-corrected chi connectivity index (χ3v) is 2.39. The zero-order valence-electron chi connectivity index (χ0n) is 7.23. The predicted molar refractivity (Wildman–Crippen MR) is 46.5 cm³/mol. The molecule has 0 saturated heterocycles. The van der Waals surface area contributed by atoms with Gasteiger partial charge in [0.25, 0.3) is 0 Å². The molecule has 1 heteroatoms. The third kappa shape index (κ3) is 3.89. The van der Waals surface area contributed by atoms with Crippen molar-refractivity contribution < 1.29 is 0 Å². The smallest absolute Gasteiger partial charge is 0.0443 e. The highest BCUT2D eigenvalue weighted by Gasteiger charge is 2.04. The van der Waals surface area contributed by atoms with E-state index >= 15 is 0 Å². The lowest BCUT2D eigenvalue weighted by molar-refractivity contribution is 0.404. The van der Waals surface area contributed by atoms with Crippen LogP contribution in [-0.2, 0) is 0 Å². The van der Waals surface area contributed by atoms with Crippen LogP contribution < -0.4 is 6.15 Å². The summed E-state index contributed by atoms with van der Waals surface area (Å²) in [6.07, 6.45) is 10.4. The highest BCUT2D eigenvalue weighted by atomic mass is 14.1. The molecule has 1 saturated carbocycles. The van der Waals surface area contributed by atoms with Gasteiger partial charge in [-0.15, -0.1) is 0 Å². The third-order valence-electron chi connectivity index (χ3n) is 2.39. The van der Waals surface area contributed by atoms with Crippen molar-refractivity contribution >= 4 is 0 Å². The summed E-state index contributed by atoms with van der Waals surface area (Å²) < 4.78 is 0. The molecule has 0 aromatic heterocycles. The van der Waals surface area contributed by atoms with E-state index in [0.717, 1.165) is 5.92 Å². The summed E-state index contributed by atoms with van der Waals surface area (Å²) >= 11 is 0. The van der Waals surface area contributed by atoms with Crippen molar-refractivity contribution in [2.24, 2.45) is 5.92 Å². The summed E-state index contributed by atoms with van der Waals surface area (Å²) in [5.41, 5.74) is 0. The average molecular weight is 143 g/mol. The summed E-state index contributed by atoms with van der Waals surface area (Å²) in [7, 11) is 0. The predicted octanol–water partition coefficient (Wildman–Crippen LogP) is 3.53. The quantitative estimate of drug-likeness (QED) is 0.553. The SMILES string of the molecule is CC1CCCCCCC1.N. The molecule has 0 aliphatic heterocycles. The first kappa shape index (κ1) is 9.96. The van der Waals surface area contributed by atoms with Crippen molar-refractivity contribution in [1.29, 1.82) is 0 Å². The Bertz CT molecular complexity index is 63.1. The van der Waals surface area contributed by atoms with Gasteiger partial charge in [0.1, 0.15) is 0 Å². The highest BCUT2D eigenvalue weighted by Crippen LogP contribution is 2.20. The van der Waals surface area contributed by atoms with E-state index in [0.29, 0.717) is 0 Å². The molecule has 1 aliphatic rings. The van der Waals surface area contributed by atoms with Gasteiger partial charge >= 0.3 is 0 Å². The van der Waals surface area contributed by atoms with Crippen LogP contribution in [0.2, 0.25) is 0 Å². The monoisotopic (exact) mass is 143 g/mol. The normalized spacial score (nSPS) is 22.5. The van der Waals surface area contributed by atoms with Crippen LogP contribution in [0.15, 0.2) is 0 Å². The second-order valence-corrected chi connectivity index (χ2v) is 3.45. The van der Waals surface area contributed by atoms with Gasteiger partial charge in [0, 0.05) is 0 Å². The molecule has 0 aromatic carbocycles. The van der Waals surface area contributed by atoms with Gasteiger partial charge in [-0.1, -0.05) is 51.9 Å². The summed E-state index contributed by atoms with van der Waals surface area (Å²) in [6.45, 7) is 2.39. The van der Waals surface area contributed by atoms with Gasteiger partial charge in [0.05, 0.1) is 0 Å². The van der Waals surface area contributed by atoms with Crippen molar-refractivity contribution in [3.63, 3.8) is 0 Å². The van der Waals surface area contributed by atoms with E-state index in [2.05, 4.69) is 6.92 Å². The molecular weight excluding hydrogens is 122 g/mol. The van der Waals surface area contributed by atoms with Gasteiger partial charge < -0.3 is 6.15 Å². The Balaban J connectivity index is 0.000000810. The second-order valence-electron chi connectivity index (χ2n) is 3.45. The molecule has 0 amide bonds. The van der Waals surface area contributed by atoms with E-state index in [-0.39, 0.29) is 6.15 Å². The van der Waals surface area contributed by atoms with Gasteiger partial charge in [0.15, 0.2) is 0 Å². The van der Waals surface area contributed by atoms with Crippen molar-refractivity contribution in [1.82, 2.24) is 6.15 Å². The molecule has 0 aromatic rings. The van der Waals surface area contributed by atoms with Crippen LogP contribution in [0.3, 0.4) is 0 Å². The largest absolute Gasteiger partial charge is 0.344 e. The van der Waals surface area contributed by atoms with Crippen molar-refractivity contribution in [3.05, 3.63) is 0 Å². The summed E-state index contributed by atoms with van der Waals surface area (Å²) in [6, 6.07) is 0. The van der Waals surface area contributed by atoms with Crippen LogP contribution >= 0.6 is 0 Å². The molecule has 1 nitrogen and oxygen atoms in total. The molecule has 0 unspecified atom stereocenters. The second kappa shape index (κ2) is 5.72. The molecular formula is C9H21N. The van der Waals surface area contributed by atoms with Crippen LogP contribution in [0.5, 0.6) is 0 Å². The molecule has 0 radical (unpaired) electrons.